The Kier molecular flexibility index (Phi) is 2.01. The third-order valence-corrected chi connectivity index (χ3v) is 2.59. The number of carboxylic acids is 1. The van der Waals surface area contributed by atoms with Crippen LogP contribution in [0.2, 0.25) is 0 Å². The Balaban J connectivity index is 2.67. The molecule has 0 spiro atoms. The van der Waals surface area contributed by atoms with Crippen molar-refractivity contribution in [1.82, 2.24) is 4.98 Å². The van der Waals surface area contributed by atoms with Crippen molar-refractivity contribution >= 4 is 16.9 Å². The fourth-order valence-electron chi connectivity index (χ4n) is 1.62. The predicted octanol–water partition coefficient (Wildman–Crippen LogP) is 1.43. The number of rotatable bonds is 2. The van der Waals surface area contributed by atoms with Crippen LogP contribution in [-0.4, -0.2) is 16.1 Å². The number of benzene rings is 1. The topological polar surface area (TPSA) is 79.1 Å². The van der Waals surface area contributed by atoms with E-state index in [1.807, 2.05) is 24.3 Å². The zero-order chi connectivity index (χ0) is 11.1. The first-order chi connectivity index (χ1) is 7.03. The molecule has 0 fully saturated rings. The Morgan fingerprint density at radius 3 is 2.80 bits per heavy atom. The van der Waals surface area contributed by atoms with Gasteiger partial charge < -0.3 is 15.8 Å². The number of nitrogens with two attached hydrogens (primary N) is 1. The van der Waals surface area contributed by atoms with Crippen LogP contribution >= 0.6 is 0 Å². The van der Waals surface area contributed by atoms with E-state index in [1.54, 1.807) is 6.20 Å². The molecule has 0 saturated carbocycles. The second-order valence-corrected chi connectivity index (χ2v) is 3.76. The van der Waals surface area contributed by atoms with Crippen molar-refractivity contribution in [2.45, 2.75) is 12.5 Å². The number of carboxylic acid groups (broad SMARTS) is 1. The summed E-state index contributed by atoms with van der Waals surface area (Å²) >= 11 is 0. The van der Waals surface area contributed by atoms with Gasteiger partial charge in [0.15, 0.2) is 0 Å². The lowest BCUT2D eigenvalue weighted by atomic mass is 9.93. The normalized spacial score (nSPS) is 15.1. The largest absolute Gasteiger partial charge is 0.480 e. The monoisotopic (exact) mass is 204 g/mol. The minimum Gasteiger partial charge on any atom is -0.480 e. The summed E-state index contributed by atoms with van der Waals surface area (Å²) in [4.78, 5) is 14.0. The molecule has 15 heavy (non-hydrogen) atoms. The minimum atomic E-state index is -1.36. The summed E-state index contributed by atoms with van der Waals surface area (Å²) in [5.41, 5.74) is 5.91. The van der Waals surface area contributed by atoms with E-state index in [1.165, 1.54) is 6.92 Å². The van der Waals surface area contributed by atoms with Gasteiger partial charge in [-0.15, -0.1) is 0 Å². The van der Waals surface area contributed by atoms with Crippen molar-refractivity contribution in [2.75, 3.05) is 0 Å². The highest BCUT2D eigenvalue weighted by Crippen LogP contribution is 2.26. The Morgan fingerprint density at radius 2 is 2.13 bits per heavy atom. The van der Waals surface area contributed by atoms with Crippen LogP contribution in [0, 0.1) is 0 Å². The first-order valence-electron chi connectivity index (χ1n) is 4.62. The van der Waals surface area contributed by atoms with E-state index < -0.39 is 11.5 Å². The molecule has 0 saturated heterocycles. The van der Waals surface area contributed by atoms with E-state index >= 15 is 0 Å². The molecule has 78 valence electrons. The molecule has 1 heterocycles. The maximum absolute atomic E-state index is 11.0. The van der Waals surface area contributed by atoms with Gasteiger partial charge in [-0.25, -0.2) is 4.79 Å². The second kappa shape index (κ2) is 3.10. The van der Waals surface area contributed by atoms with Gasteiger partial charge in [-0.3, -0.25) is 0 Å². The third kappa shape index (κ3) is 1.39. The van der Waals surface area contributed by atoms with Crippen molar-refractivity contribution in [3.8, 4) is 0 Å². The van der Waals surface area contributed by atoms with E-state index in [4.69, 9.17) is 10.8 Å². The van der Waals surface area contributed by atoms with Gasteiger partial charge in [-0.2, -0.15) is 0 Å². The lowest BCUT2D eigenvalue weighted by Crippen LogP contribution is -2.41. The standard InChI is InChI=1S/C11H12N2O2/c1-11(12,10(14)15)8-6-13-9-5-3-2-4-7(8)9/h2-6,13H,12H2,1H3,(H,14,15)/t11-/m1/s1. The third-order valence-electron chi connectivity index (χ3n) is 2.59. The molecule has 0 aliphatic carbocycles. The second-order valence-electron chi connectivity index (χ2n) is 3.76. The molecule has 2 rings (SSSR count). The van der Waals surface area contributed by atoms with Crippen molar-refractivity contribution in [3.63, 3.8) is 0 Å². The molecule has 1 aromatic carbocycles. The lowest BCUT2D eigenvalue weighted by molar-refractivity contribution is -0.142. The summed E-state index contributed by atoms with van der Waals surface area (Å²) in [6.07, 6.45) is 1.65. The van der Waals surface area contributed by atoms with E-state index in [2.05, 4.69) is 4.98 Å². The molecule has 0 aliphatic rings. The fourth-order valence-corrected chi connectivity index (χ4v) is 1.62. The molecular formula is C11H12N2O2. The molecule has 0 unspecified atom stereocenters. The number of aromatic nitrogens is 1. The van der Waals surface area contributed by atoms with Gasteiger partial charge in [0.1, 0.15) is 5.54 Å². The van der Waals surface area contributed by atoms with Crippen LogP contribution in [0.1, 0.15) is 12.5 Å². The van der Waals surface area contributed by atoms with Gasteiger partial charge >= 0.3 is 5.97 Å². The van der Waals surface area contributed by atoms with Crippen molar-refractivity contribution in [3.05, 3.63) is 36.0 Å². The van der Waals surface area contributed by atoms with Crippen molar-refractivity contribution in [2.24, 2.45) is 5.73 Å². The molecule has 2 aromatic rings. The Bertz CT molecular complexity index is 514. The zero-order valence-corrected chi connectivity index (χ0v) is 8.32. The van der Waals surface area contributed by atoms with Gasteiger partial charge in [-0.1, -0.05) is 18.2 Å². The number of hydrogen-bond acceptors (Lipinski definition) is 2. The smallest absolute Gasteiger partial charge is 0.328 e. The summed E-state index contributed by atoms with van der Waals surface area (Å²) < 4.78 is 0. The summed E-state index contributed by atoms with van der Waals surface area (Å²) in [5.74, 6) is -1.03. The minimum absolute atomic E-state index is 0.602. The number of hydrogen-bond donors (Lipinski definition) is 3. The quantitative estimate of drug-likeness (QED) is 0.692. The van der Waals surface area contributed by atoms with Crippen molar-refractivity contribution in [1.29, 1.82) is 0 Å². The molecule has 1 atom stereocenters. The Hall–Kier alpha value is -1.81. The van der Waals surface area contributed by atoms with Gasteiger partial charge in [-0.05, 0) is 13.0 Å². The molecule has 0 bridgehead atoms. The van der Waals surface area contributed by atoms with Crippen LogP contribution < -0.4 is 5.73 Å². The van der Waals surface area contributed by atoms with Gasteiger partial charge in [0.05, 0.1) is 0 Å². The number of carbonyl (C=O) groups is 1. The van der Waals surface area contributed by atoms with Gasteiger partial charge in [0, 0.05) is 22.7 Å². The van der Waals surface area contributed by atoms with Gasteiger partial charge in [0.25, 0.3) is 0 Å². The van der Waals surface area contributed by atoms with Crippen LogP contribution in [0.5, 0.6) is 0 Å². The highest BCUT2D eigenvalue weighted by Gasteiger charge is 2.32. The number of aromatic amines is 1. The Morgan fingerprint density at radius 1 is 1.47 bits per heavy atom. The molecule has 0 aliphatic heterocycles. The summed E-state index contributed by atoms with van der Waals surface area (Å²) in [5, 5.41) is 9.89. The van der Waals surface area contributed by atoms with Crippen LogP contribution in [-0.2, 0) is 10.3 Å². The zero-order valence-electron chi connectivity index (χ0n) is 8.32. The molecule has 4 heteroatoms. The molecule has 0 amide bonds. The predicted molar refractivity (Wildman–Crippen MR) is 57.5 cm³/mol. The molecule has 0 radical (unpaired) electrons. The Labute approximate surface area is 86.7 Å². The number of H-pyrrole nitrogens is 1. The van der Waals surface area contributed by atoms with E-state index in [0.717, 1.165) is 10.9 Å². The fraction of sp³-hybridized carbons (Fsp3) is 0.182. The first-order valence-corrected chi connectivity index (χ1v) is 4.62. The molecular weight excluding hydrogens is 192 g/mol. The highest BCUT2D eigenvalue weighted by atomic mass is 16.4. The van der Waals surface area contributed by atoms with E-state index in [0.29, 0.717) is 5.56 Å². The first kappa shape index (κ1) is 9.73. The maximum Gasteiger partial charge on any atom is 0.328 e. The average Bonchev–Trinajstić information content (AvgIpc) is 2.61. The molecule has 1 aromatic heterocycles. The summed E-state index contributed by atoms with van der Waals surface area (Å²) in [6, 6.07) is 7.49. The summed E-state index contributed by atoms with van der Waals surface area (Å²) in [6.45, 7) is 1.49. The maximum atomic E-state index is 11.0. The number of nitrogens with one attached hydrogen (secondary N) is 1. The average molecular weight is 204 g/mol. The van der Waals surface area contributed by atoms with Crippen LogP contribution in [0.15, 0.2) is 30.5 Å². The van der Waals surface area contributed by atoms with Crippen LogP contribution in [0.4, 0.5) is 0 Å². The van der Waals surface area contributed by atoms with Crippen LogP contribution in [0.3, 0.4) is 0 Å². The van der Waals surface area contributed by atoms with Crippen molar-refractivity contribution < 1.29 is 9.90 Å². The summed E-state index contributed by atoms with van der Waals surface area (Å²) in [7, 11) is 0. The van der Waals surface area contributed by atoms with Crippen LogP contribution in [0.25, 0.3) is 10.9 Å². The number of para-hydroxylation sites is 1. The highest BCUT2D eigenvalue weighted by molar-refractivity contribution is 5.91. The van der Waals surface area contributed by atoms with Gasteiger partial charge in [0.2, 0.25) is 0 Å². The number of fused-ring (bicyclic) bond motifs is 1. The molecule has 4 nitrogen and oxygen atoms in total. The lowest BCUT2D eigenvalue weighted by Gasteiger charge is -2.18. The van der Waals surface area contributed by atoms with E-state index in [9.17, 15) is 4.79 Å². The number of aliphatic carboxylic acids is 1. The SMILES string of the molecule is C[C@](N)(C(=O)O)c1c[nH]c2ccccc12. The molecule has 4 N–H and O–H groups in total. The van der Waals surface area contributed by atoms with E-state index in [-0.39, 0.29) is 0 Å².